The first-order valence-electron chi connectivity index (χ1n) is 5.73. The van der Waals surface area contributed by atoms with Crippen LogP contribution in [0.3, 0.4) is 0 Å². The highest BCUT2D eigenvalue weighted by molar-refractivity contribution is 6.37. The molecule has 0 spiro atoms. The fourth-order valence-electron chi connectivity index (χ4n) is 1.62. The molecule has 2 rings (SSSR count). The predicted molar refractivity (Wildman–Crippen MR) is 77.1 cm³/mol. The number of nitrogen functional groups attached to an aromatic ring is 1. The van der Waals surface area contributed by atoms with Gasteiger partial charge in [0, 0.05) is 11.3 Å². The van der Waals surface area contributed by atoms with Gasteiger partial charge in [-0.2, -0.15) is 5.10 Å². The van der Waals surface area contributed by atoms with Gasteiger partial charge in [0.05, 0.1) is 16.2 Å². The van der Waals surface area contributed by atoms with Crippen molar-refractivity contribution < 1.29 is 4.74 Å². The Hall–Kier alpha value is -1.52. The number of aromatic nitrogens is 2. The number of hydrogen-bond donors (Lipinski definition) is 1. The molecule has 0 aliphatic carbocycles. The van der Waals surface area contributed by atoms with Gasteiger partial charge in [0.15, 0.2) is 5.75 Å². The smallest absolute Gasteiger partial charge is 0.242 e. The van der Waals surface area contributed by atoms with E-state index in [0.29, 0.717) is 27.4 Å². The number of ether oxygens (including phenoxy) is 1. The van der Waals surface area contributed by atoms with Crippen LogP contribution in [0.25, 0.3) is 0 Å². The molecule has 0 saturated carbocycles. The van der Waals surface area contributed by atoms with Crippen LogP contribution in [0, 0.1) is 0 Å². The minimum absolute atomic E-state index is 0.247. The Morgan fingerprint density at radius 1 is 1.21 bits per heavy atom. The zero-order valence-electron chi connectivity index (χ0n) is 10.5. The van der Waals surface area contributed by atoms with E-state index in [0.717, 1.165) is 5.56 Å². The number of anilines is 1. The molecule has 0 aliphatic heterocycles. The van der Waals surface area contributed by atoms with Crippen LogP contribution in [0.4, 0.5) is 5.69 Å². The van der Waals surface area contributed by atoms with E-state index >= 15 is 0 Å². The molecule has 0 bridgehead atoms. The maximum Gasteiger partial charge on any atom is 0.242 e. The molecule has 1 aromatic carbocycles. The summed E-state index contributed by atoms with van der Waals surface area (Å²) >= 11 is 12.2. The van der Waals surface area contributed by atoms with Crippen molar-refractivity contribution in [3.05, 3.63) is 40.0 Å². The molecule has 4 nitrogen and oxygen atoms in total. The second kappa shape index (κ2) is 5.63. The highest BCUT2D eigenvalue weighted by Crippen LogP contribution is 2.39. The summed E-state index contributed by atoms with van der Waals surface area (Å²) in [6, 6.07) is 5.01. The van der Waals surface area contributed by atoms with Gasteiger partial charge in [-0.1, -0.05) is 37.0 Å². The Kier molecular flexibility index (Phi) is 4.12. The third-order valence-electron chi connectivity index (χ3n) is 2.56. The standard InChI is InChI=1S/C13H13Cl2N3O/c1-7(2)9-3-4-17-18-13(9)19-12-10(14)5-8(16)6-11(12)15/h3-7H,16H2,1-2H3. The molecular weight excluding hydrogens is 285 g/mol. The molecule has 0 amide bonds. The Balaban J connectivity index is 2.42. The lowest BCUT2D eigenvalue weighted by Crippen LogP contribution is -1.99. The Labute approximate surface area is 121 Å². The Morgan fingerprint density at radius 3 is 2.42 bits per heavy atom. The van der Waals surface area contributed by atoms with Gasteiger partial charge in [-0.15, -0.1) is 5.10 Å². The SMILES string of the molecule is CC(C)c1ccnnc1Oc1c(Cl)cc(N)cc1Cl. The molecule has 19 heavy (non-hydrogen) atoms. The lowest BCUT2D eigenvalue weighted by molar-refractivity contribution is 0.445. The molecule has 2 N–H and O–H groups in total. The molecule has 100 valence electrons. The first kappa shape index (κ1) is 13.9. The quantitative estimate of drug-likeness (QED) is 0.859. The fourth-order valence-corrected chi connectivity index (χ4v) is 2.20. The van der Waals surface area contributed by atoms with Crippen LogP contribution in [0.2, 0.25) is 10.0 Å². The summed E-state index contributed by atoms with van der Waals surface area (Å²) in [5.41, 5.74) is 7.05. The minimum atomic E-state index is 0.247. The Bertz CT molecular complexity index is 579. The molecule has 2 aromatic rings. The average Bonchev–Trinajstić information content (AvgIpc) is 2.34. The van der Waals surface area contributed by atoms with E-state index in [9.17, 15) is 0 Å². The first-order valence-corrected chi connectivity index (χ1v) is 6.48. The third kappa shape index (κ3) is 3.08. The summed E-state index contributed by atoms with van der Waals surface area (Å²) in [5.74, 6) is 0.975. The number of halogens is 2. The Morgan fingerprint density at radius 2 is 1.84 bits per heavy atom. The van der Waals surface area contributed by atoms with E-state index in [1.807, 2.05) is 19.9 Å². The second-order valence-corrected chi connectivity index (χ2v) is 5.18. The zero-order chi connectivity index (χ0) is 14.0. The number of nitrogens with two attached hydrogens (primary N) is 1. The number of nitrogens with zero attached hydrogens (tertiary/aromatic N) is 2. The van der Waals surface area contributed by atoms with Crippen LogP contribution in [0.15, 0.2) is 24.4 Å². The van der Waals surface area contributed by atoms with E-state index in [4.69, 9.17) is 33.7 Å². The van der Waals surface area contributed by atoms with Crippen LogP contribution in [0.1, 0.15) is 25.3 Å². The average molecular weight is 298 g/mol. The summed E-state index contributed by atoms with van der Waals surface area (Å²) in [7, 11) is 0. The maximum absolute atomic E-state index is 6.08. The summed E-state index contributed by atoms with van der Waals surface area (Å²) in [6.07, 6.45) is 1.62. The molecule has 0 radical (unpaired) electrons. The predicted octanol–water partition coefficient (Wildman–Crippen LogP) is 4.28. The van der Waals surface area contributed by atoms with Crippen molar-refractivity contribution in [2.75, 3.05) is 5.73 Å². The van der Waals surface area contributed by atoms with Gasteiger partial charge in [0.25, 0.3) is 0 Å². The van der Waals surface area contributed by atoms with Crippen LogP contribution in [0.5, 0.6) is 11.6 Å². The lowest BCUT2D eigenvalue weighted by Gasteiger charge is -2.13. The number of hydrogen-bond acceptors (Lipinski definition) is 4. The van der Waals surface area contributed by atoms with Crippen molar-refractivity contribution in [1.82, 2.24) is 10.2 Å². The number of rotatable bonds is 3. The van der Waals surface area contributed by atoms with E-state index in [1.54, 1.807) is 18.3 Å². The van der Waals surface area contributed by atoms with Crippen molar-refractivity contribution in [3.63, 3.8) is 0 Å². The van der Waals surface area contributed by atoms with Crippen molar-refractivity contribution in [3.8, 4) is 11.6 Å². The van der Waals surface area contributed by atoms with Gasteiger partial charge in [0.1, 0.15) is 0 Å². The molecule has 0 aliphatic rings. The monoisotopic (exact) mass is 297 g/mol. The summed E-state index contributed by atoms with van der Waals surface area (Å²) in [5, 5.41) is 8.47. The molecule has 1 aromatic heterocycles. The largest absolute Gasteiger partial charge is 0.434 e. The van der Waals surface area contributed by atoms with E-state index < -0.39 is 0 Å². The van der Waals surface area contributed by atoms with Crippen molar-refractivity contribution in [2.24, 2.45) is 0 Å². The summed E-state index contributed by atoms with van der Waals surface area (Å²) in [6.45, 7) is 4.08. The van der Waals surface area contributed by atoms with Crippen LogP contribution in [-0.2, 0) is 0 Å². The lowest BCUT2D eigenvalue weighted by atomic mass is 10.1. The van der Waals surface area contributed by atoms with E-state index in [-0.39, 0.29) is 5.92 Å². The van der Waals surface area contributed by atoms with Crippen molar-refractivity contribution in [2.45, 2.75) is 19.8 Å². The van der Waals surface area contributed by atoms with Crippen LogP contribution >= 0.6 is 23.2 Å². The normalized spacial score (nSPS) is 10.8. The summed E-state index contributed by atoms with van der Waals surface area (Å²) in [4.78, 5) is 0. The fraction of sp³-hybridized carbons (Fsp3) is 0.231. The van der Waals surface area contributed by atoms with Gasteiger partial charge in [-0.25, -0.2) is 0 Å². The second-order valence-electron chi connectivity index (χ2n) is 4.36. The van der Waals surface area contributed by atoms with Crippen LogP contribution < -0.4 is 10.5 Å². The third-order valence-corrected chi connectivity index (χ3v) is 3.12. The van der Waals surface area contributed by atoms with Gasteiger partial charge < -0.3 is 10.5 Å². The molecule has 0 atom stereocenters. The maximum atomic E-state index is 6.08. The highest BCUT2D eigenvalue weighted by atomic mass is 35.5. The molecular formula is C13H13Cl2N3O. The minimum Gasteiger partial charge on any atom is -0.434 e. The molecule has 0 fully saturated rings. The zero-order valence-corrected chi connectivity index (χ0v) is 12.0. The van der Waals surface area contributed by atoms with E-state index in [2.05, 4.69) is 10.2 Å². The molecule has 1 heterocycles. The van der Waals surface area contributed by atoms with Gasteiger partial charge in [-0.05, 0) is 24.1 Å². The first-order chi connectivity index (χ1) is 8.99. The van der Waals surface area contributed by atoms with Crippen LogP contribution in [-0.4, -0.2) is 10.2 Å². The van der Waals surface area contributed by atoms with Gasteiger partial charge in [0.2, 0.25) is 5.88 Å². The van der Waals surface area contributed by atoms with Crippen molar-refractivity contribution >= 4 is 28.9 Å². The van der Waals surface area contributed by atoms with Gasteiger partial charge in [-0.3, -0.25) is 0 Å². The molecule has 6 heteroatoms. The van der Waals surface area contributed by atoms with E-state index in [1.165, 1.54) is 0 Å². The van der Waals surface area contributed by atoms with Gasteiger partial charge >= 0.3 is 0 Å². The summed E-state index contributed by atoms with van der Waals surface area (Å²) < 4.78 is 5.69. The topological polar surface area (TPSA) is 61.0 Å². The molecule has 0 saturated heterocycles. The van der Waals surface area contributed by atoms with Crippen molar-refractivity contribution in [1.29, 1.82) is 0 Å². The highest BCUT2D eigenvalue weighted by Gasteiger charge is 2.15. The number of benzene rings is 1. The molecule has 0 unspecified atom stereocenters.